The van der Waals surface area contributed by atoms with Gasteiger partial charge in [0.15, 0.2) is 5.65 Å². The van der Waals surface area contributed by atoms with Crippen LogP contribution in [0.1, 0.15) is 36.3 Å². The number of rotatable bonds is 5. The molecule has 0 amide bonds. The summed E-state index contributed by atoms with van der Waals surface area (Å²) >= 11 is 5.93. The van der Waals surface area contributed by atoms with Crippen LogP contribution in [0.2, 0.25) is 5.02 Å². The van der Waals surface area contributed by atoms with E-state index in [1.807, 2.05) is 44.2 Å². The second kappa shape index (κ2) is 6.61. The number of benzene rings is 1. The molecule has 24 heavy (non-hydrogen) atoms. The molecule has 1 unspecified atom stereocenters. The number of pyridine rings is 1. The lowest BCUT2D eigenvalue weighted by molar-refractivity contribution is -0.140. The minimum Gasteiger partial charge on any atom is -0.480 e. The Morgan fingerprint density at radius 2 is 2.04 bits per heavy atom. The van der Waals surface area contributed by atoms with Crippen LogP contribution in [0, 0.1) is 6.92 Å². The van der Waals surface area contributed by atoms with Crippen molar-refractivity contribution in [3.8, 4) is 0 Å². The fourth-order valence-corrected chi connectivity index (χ4v) is 2.96. The summed E-state index contributed by atoms with van der Waals surface area (Å²) < 4.78 is 1.74. The van der Waals surface area contributed by atoms with Crippen molar-refractivity contribution in [2.24, 2.45) is 0 Å². The second-order valence-corrected chi connectivity index (χ2v) is 6.26. The highest BCUT2D eigenvalue weighted by Gasteiger charge is 2.24. The molecule has 1 aromatic carbocycles. The van der Waals surface area contributed by atoms with Gasteiger partial charge in [-0.25, -0.2) is 14.8 Å². The number of nitrogens with zero attached hydrogens (tertiary/aromatic N) is 3. The standard InChI is InChI=1S/C18H18ClN3O2/c1-3-15(18(23)24)22-16(9-12-4-6-13(19)7-5-12)21-14-8-11(2)10-20-17(14)22/h4-8,10,15H,3,9H2,1-2H3,(H,23,24). The third-order valence-electron chi connectivity index (χ3n) is 4.00. The number of halogens is 1. The van der Waals surface area contributed by atoms with Gasteiger partial charge in [-0.05, 0) is 42.7 Å². The molecule has 0 fully saturated rings. The molecule has 0 saturated carbocycles. The van der Waals surface area contributed by atoms with Crippen LogP contribution in [-0.2, 0) is 11.2 Å². The predicted molar refractivity (Wildman–Crippen MR) is 93.5 cm³/mol. The zero-order valence-electron chi connectivity index (χ0n) is 13.5. The van der Waals surface area contributed by atoms with Gasteiger partial charge in [-0.1, -0.05) is 30.7 Å². The first kappa shape index (κ1) is 16.5. The van der Waals surface area contributed by atoms with E-state index in [2.05, 4.69) is 9.97 Å². The topological polar surface area (TPSA) is 68.0 Å². The van der Waals surface area contributed by atoms with E-state index in [-0.39, 0.29) is 0 Å². The van der Waals surface area contributed by atoms with E-state index in [9.17, 15) is 9.90 Å². The van der Waals surface area contributed by atoms with Crippen molar-refractivity contribution in [3.05, 3.63) is 58.5 Å². The number of hydrogen-bond acceptors (Lipinski definition) is 3. The van der Waals surface area contributed by atoms with Gasteiger partial charge in [0.25, 0.3) is 0 Å². The van der Waals surface area contributed by atoms with Gasteiger partial charge in [0.05, 0.1) is 0 Å². The van der Waals surface area contributed by atoms with Gasteiger partial charge in [0, 0.05) is 17.6 Å². The summed E-state index contributed by atoms with van der Waals surface area (Å²) in [6, 6.07) is 8.73. The lowest BCUT2D eigenvalue weighted by atomic mass is 10.1. The highest BCUT2D eigenvalue weighted by Crippen LogP contribution is 2.25. The average Bonchev–Trinajstić information content (AvgIpc) is 2.87. The summed E-state index contributed by atoms with van der Waals surface area (Å²) in [5.74, 6) is -0.184. The third-order valence-corrected chi connectivity index (χ3v) is 4.25. The molecule has 3 rings (SSSR count). The molecule has 6 heteroatoms. The molecule has 0 spiro atoms. The van der Waals surface area contributed by atoms with E-state index in [1.54, 1.807) is 10.8 Å². The van der Waals surface area contributed by atoms with Crippen molar-refractivity contribution in [2.75, 3.05) is 0 Å². The maximum absolute atomic E-state index is 11.7. The maximum Gasteiger partial charge on any atom is 0.326 e. The number of hydrogen-bond donors (Lipinski definition) is 1. The molecule has 0 bridgehead atoms. The summed E-state index contributed by atoms with van der Waals surface area (Å²) in [7, 11) is 0. The van der Waals surface area contributed by atoms with Crippen molar-refractivity contribution < 1.29 is 9.90 Å². The Labute approximate surface area is 144 Å². The first-order valence-electron chi connectivity index (χ1n) is 7.80. The van der Waals surface area contributed by atoms with Crippen LogP contribution < -0.4 is 0 Å². The molecular formula is C18H18ClN3O2. The number of carboxylic acid groups (broad SMARTS) is 1. The first-order chi connectivity index (χ1) is 11.5. The summed E-state index contributed by atoms with van der Waals surface area (Å²) in [6.07, 6.45) is 2.72. The number of aryl methyl sites for hydroxylation is 1. The minimum atomic E-state index is -0.878. The summed E-state index contributed by atoms with van der Waals surface area (Å²) in [4.78, 5) is 20.8. The molecule has 3 aromatic rings. The summed E-state index contributed by atoms with van der Waals surface area (Å²) in [6.45, 7) is 3.80. The van der Waals surface area contributed by atoms with E-state index in [0.29, 0.717) is 29.3 Å². The number of carboxylic acids is 1. The highest BCUT2D eigenvalue weighted by molar-refractivity contribution is 6.30. The Morgan fingerprint density at radius 3 is 2.67 bits per heavy atom. The summed E-state index contributed by atoms with van der Waals surface area (Å²) in [5, 5.41) is 10.3. The number of aliphatic carboxylic acids is 1. The van der Waals surface area contributed by atoms with Crippen molar-refractivity contribution in [2.45, 2.75) is 32.7 Å². The van der Waals surface area contributed by atoms with Crippen LogP contribution in [0.25, 0.3) is 11.2 Å². The monoisotopic (exact) mass is 343 g/mol. The molecule has 2 heterocycles. The molecule has 2 aromatic heterocycles. The molecule has 5 nitrogen and oxygen atoms in total. The molecule has 0 aliphatic rings. The van der Waals surface area contributed by atoms with Crippen LogP contribution in [0.3, 0.4) is 0 Å². The Morgan fingerprint density at radius 1 is 1.33 bits per heavy atom. The highest BCUT2D eigenvalue weighted by atomic mass is 35.5. The fourth-order valence-electron chi connectivity index (χ4n) is 2.83. The quantitative estimate of drug-likeness (QED) is 0.759. The molecule has 0 aliphatic heterocycles. The Hall–Kier alpha value is -2.40. The molecule has 0 radical (unpaired) electrons. The fraction of sp³-hybridized carbons (Fsp3) is 0.278. The molecule has 0 aliphatic carbocycles. The zero-order chi connectivity index (χ0) is 17.3. The van der Waals surface area contributed by atoms with Crippen molar-refractivity contribution >= 4 is 28.7 Å². The van der Waals surface area contributed by atoms with Crippen LogP contribution in [0.5, 0.6) is 0 Å². The lowest BCUT2D eigenvalue weighted by Gasteiger charge is -2.15. The molecular weight excluding hydrogens is 326 g/mol. The average molecular weight is 344 g/mol. The van der Waals surface area contributed by atoms with Crippen LogP contribution in [0.4, 0.5) is 0 Å². The number of carbonyl (C=O) groups is 1. The third kappa shape index (κ3) is 3.12. The second-order valence-electron chi connectivity index (χ2n) is 5.82. The molecule has 1 atom stereocenters. The normalized spacial score (nSPS) is 12.5. The molecule has 0 saturated heterocycles. The SMILES string of the molecule is CCC(C(=O)O)n1c(Cc2ccc(Cl)cc2)nc2cc(C)cnc21. The van der Waals surface area contributed by atoms with E-state index in [4.69, 9.17) is 11.6 Å². The van der Waals surface area contributed by atoms with Gasteiger partial charge in [-0.2, -0.15) is 0 Å². The Bertz CT molecular complexity index is 887. The minimum absolute atomic E-state index is 0.462. The number of fused-ring (bicyclic) bond motifs is 1. The number of imidazole rings is 1. The summed E-state index contributed by atoms with van der Waals surface area (Å²) in [5.41, 5.74) is 3.35. The van der Waals surface area contributed by atoms with E-state index in [1.165, 1.54) is 0 Å². The van der Waals surface area contributed by atoms with Crippen LogP contribution >= 0.6 is 11.6 Å². The van der Waals surface area contributed by atoms with Gasteiger partial charge in [-0.15, -0.1) is 0 Å². The van der Waals surface area contributed by atoms with E-state index < -0.39 is 12.0 Å². The predicted octanol–water partition coefficient (Wildman–Crippen LogP) is 4.02. The molecule has 1 N–H and O–H groups in total. The van der Waals surface area contributed by atoms with Crippen molar-refractivity contribution in [1.82, 2.24) is 14.5 Å². The Kier molecular flexibility index (Phi) is 4.53. The van der Waals surface area contributed by atoms with Gasteiger partial charge < -0.3 is 5.11 Å². The van der Waals surface area contributed by atoms with Crippen LogP contribution in [-0.4, -0.2) is 25.6 Å². The van der Waals surface area contributed by atoms with Gasteiger partial charge in [0.1, 0.15) is 17.4 Å². The van der Waals surface area contributed by atoms with Crippen LogP contribution in [0.15, 0.2) is 36.5 Å². The van der Waals surface area contributed by atoms with Gasteiger partial charge >= 0.3 is 5.97 Å². The first-order valence-corrected chi connectivity index (χ1v) is 8.18. The van der Waals surface area contributed by atoms with Crippen molar-refractivity contribution in [1.29, 1.82) is 0 Å². The largest absolute Gasteiger partial charge is 0.480 e. The lowest BCUT2D eigenvalue weighted by Crippen LogP contribution is -2.21. The van der Waals surface area contributed by atoms with Crippen molar-refractivity contribution in [3.63, 3.8) is 0 Å². The Balaban J connectivity index is 2.14. The smallest absolute Gasteiger partial charge is 0.326 e. The zero-order valence-corrected chi connectivity index (χ0v) is 14.3. The number of aromatic nitrogens is 3. The van der Waals surface area contributed by atoms with Gasteiger partial charge in [-0.3, -0.25) is 4.57 Å². The van der Waals surface area contributed by atoms with E-state index in [0.717, 1.165) is 16.6 Å². The van der Waals surface area contributed by atoms with E-state index >= 15 is 0 Å². The van der Waals surface area contributed by atoms with Gasteiger partial charge in [0.2, 0.25) is 0 Å². The maximum atomic E-state index is 11.7. The molecule has 124 valence electrons.